The molecule has 1 N–H and O–H groups in total. The Bertz CT molecular complexity index is 402. The van der Waals surface area contributed by atoms with E-state index in [9.17, 15) is 8.78 Å². The summed E-state index contributed by atoms with van der Waals surface area (Å²) < 4.78 is 37.8. The van der Waals surface area contributed by atoms with Crippen LogP contribution in [-0.2, 0) is 4.74 Å². The number of hydrogen-bond donors (Lipinski definition) is 1. The number of halogens is 2. The molecule has 1 heterocycles. The molecule has 1 aliphatic heterocycles. The Balaban J connectivity index is 1.96. The van der Waals surface area contributed by atoms with Gasteiger partial charge in [-0.05, 0) is 31.5 Å². The predicted octanol–water partition coefficient (Wildman–Crippen LogP) is 2.75. The second-order valence-corrected chi connectivity index (χ2v) is 5.05. The molecule has 1 aromatic carbocycles. The molecule has 0 bridgehead atoms. The van der Waals surface area contributed by atoms with E-state index in [0.717, 1.165) is 26.0 Å². The lowest BCUT2D eigenvalue weighted by atomic mass is 9.99. The fourth-order valence-electron chi connectivity index (χ4n) is 2.36. The van der Waals surface area contributed by atoms with Gasteiger partial charge in [-0.1, -0.05) is 13.0 Å². The molecule has 0 spiro atoms. The first-order valence-corrected chi connectivity index (χ1v) is 7.10. The maximum atomic E-state index is 13.5. The van der Waals surface area contributed by atoms with Crippen LogP contribution in [0.25, 0.3) is 0 Å². The van der Waals surface area contributed by atoms with Crippen molar-refractivity contribution in [3.63, 3.8) is 0 Å². The van der Waals surface area contributed by atoms with Crippen LogP contribution in [0.3, 0.4) is 0 Å². The van der Waals surface area contributed by atoms with Crippen molar-refractivity contribution in [2.75, 3.05) is 26.4 Å². The molecule has 0 radical (unpaired) electrons. The quantitative estimate of drug-likeness (QED) is 0.835. The third kappa shape index (κ3) is 3.90. The molecule has 20 heavy (non-hydrogen) atoms. The van der Waals surface area contributed by atoms with E-state index >= 15 is 0 Å². The minimum absolute atomic E-state index is 0.0523. The van der Waals surface area contributed by atoms with Gasteiger partial charge in [0.2, 0.25) is 0 Å². The van der Waals surface area contributed by atoms with E-state index in [1.54, 1.807) is 0 Å². The topological polar surface area (TPSA) is 30.5 Å². The Kier molecular flexibility index (Phi) is 5.73. The zero-order chi connectivity index (χ0) is 14.4. The van der Waals surface area contributed by atoms with E-state index < -0.39 is 11.6 Å². The van der Waals surface area contributed by atoms with Crippen LogP contribution in [0.2, 0.25) is 0 Å². The summed E-state index contributed by atoms with van der Waals surface area (Å²) in [6.45, 7) is 4.58. The van der Waals surface area contributed by atoms with Crippen molar-refractivity contribution < 1.29 is 18.3 Å². The van der Waals surface area contributed by atoms with E-state index in [4.69, 9.17) is 9.47 Å². The van der Waals surface area contributed by atoms with Gasteiger partial charge in [0.15, 0.2) is 17.4 Å². The van der Waals surface area contributed by atoms with Crippen LogP contribution < -0.4 is 10.1 Å². The van der Waals surface area contributed by atoms with Crippen LogP contribution in [0.15, 0.2) is 18.2 Å². The average Bonchev–Trinajstić information content (AvgIpc) is 2.95. The number of ether oxygens (including phenoxy) is 2. The number of nitrogens with one attached hydrogen (secondary N) is 1. The lowest BCUT2D eigenvalue weighted by Crippen LogP contribution is -2.41. The zero-order valence-electron chi connectivity index (χ0n) is 11.7. The molecule has 2 rings (SSSR count). The highest BCUT2D eigenvalue weighted by atomic mass is 19.1. The smallest absolute Gasteiger partial charge is 0.190 e. The van der Waals surface area contributed by atoms with Crippen LogP contribution in [0.5, 0.6) is 5.75 Å². The SMILES string of the molecule is CCCNC(COc1c(F)cccc1F)C1CCOC1. The summed E-state index contributed by atoms with van der Waals surface area (Å²) in [6.07, 6.45) is 1.95. The largest absolute Gasteiger partial charge is 0.486 e. The Hall–Kier alpha value is -1.20. The molecule has 3 nitrogen and oxygen atoms in total. The summed E-state index contributed by atoms with van der Waals surface area (Å²) >= 11 is 0. The van der Waals surface area contributed by atoms with E-state index in [1.807, 2.05) is 0 Å². The van der Waals surface area contributed by atoms with Crippen molar-refractivity contribution in [2.24, 2.45) is 5.92 Å². The second-order valence-electron chi connectivity index (χ2n) is 5.05. The molecule has 0 aliphatic carbocycles. The van der Waals surface area contributed by atoms with Crippen LogP contribution in [0, 0.1) is 17.6 Å². The van der Waals surface area contributed by atoms with Gasteiger partial charge in [0.25, 0.3) is 0 Å². The van der Waals surface area contributed by atoms with E-state index in [2.05, 4.69) is 12.2 Å². The standard InChI is InChI=1S/C15H21F2NO2/c1-2-7-18-14(11-6-8-19-9-11)10-20-15-12(16)4-3-5-13(15)17/h3-5,11,14,18H,2,6-10H2,1H3. The Morgan fingerprint density at radius 3 is 2.75 bits per heavy atom. The molecule has 0 amide bonds. The van der Waals surface area contributed by atoms with Crippen molar-refractivity contribution >= 4 is 0 Å². The van der Waals surface area contributed by atoms with Crippen LogP contribution in [0.4, 0.5) is 8.78 Å². The lowest BCUT2D eigenvalue weighted by Gasteiger charge is -2.24. The summed E-state index contributed by atoms with van der Waals surface area (Å²) in [4.78, 5) is 0. The molecule has 112 valence electrons. The number of para-hydroxylation sites is 1. The molecule has 0 saturated carbocycles. The molecule has 1 aliphatic rings. The van der Waals surface area contributed by atoms with Crippen LogP contribution >= 0.6 is 0 Å². The summed E-state index contributed by atoms with van der Waals surface area (Å²) in [5, 5.41) is 3.37. The van der Waals surface area contributed by atoms with Gasteiger partial charge in [0, 0.05) is 18.6 Å². The molecule has 1 saturated heterocycles. The van der Waals surface area contributed by atoms with Crippen molar-refractivity contribution in [3.8, 4) is 5.75 Å². The molecular weight excluding hydrogens is 264 g/mol. The van der Waals surface area contributed by atoms with Gasteiger partial charge >= 0.3 is 0 Å². The third-order valence-electron chi connectivity index (χ3n) is 3.52. The highest BCUT2D eigenvalue weighted by Crippen LogP contribution is 2.23. The summed E-state index contributed by atoms with van der Waals surface area (Å²) in [5.74, 6) is -1.30. The zero-order valence-corrected chi connectivity index (χ0v) is 11.7. The number of benzene rings is 1. The van der Waals surface area contributed by atoms with Crippen LogP contribution in [-0.4, -0.2) is 32.4 Å². The first-order valence-electron chi connectivity index (χ1n) is 7.10. The molecule has 2 unspecified atom stereocenters. The molecule has 1 aromatic rings. The number of hydrogen-bond acceptors (Lipinski definition) is 3. The number of rotatable bonds is 7. The maximum Gasteiger partial charge on any atom is 0.190 e. The Morgan fingerprint density at radius 2 is 2.15 bits per heavy atom. The molecule has 2 atom stereocenters. The van der Waals surface area contributed by atoms with E-state index in [0.29, 0.717) is 12.5 Å². The van der Waals surface area contributed by atoms with Gasteiger partial charge in [-0.25, -0.2) is 8.78 Å². The fraction of sp³-hybridized carbons (Fsp3) is 0.600. The molecule has 5 heteroatoms. The minimum Gasteiger partial charge on any atom is -0.486 e. The van der Waals surface area contributed by atoms with Gasteiger partial charge in [0.05, 0.1) is 6.61 Å². The maximum absolute atomic E-state index is 13.5. The molecule has 1 fully saturated rings. The Morgan fingerprint density at radius 1 is 1.40 bits per heavy atom. The Labute approximate surface area is 118 Å². The summed E-state index contributed by atoms with van der Waals surface area (Å²) in [6, 6.07) is 3.78. The van der Waals surface area contributed by atoms with Crippen molar-refractivity contribution in [2.45, 2.75) is 25.8 Å². The van der Waals surface area contributed by atoms with Crippen molar-refractivity contribution in [1.29, 1.82) is 0 Å². The summed E-state index contributed by atoms with van der Waals surface area (Å²) in [5.41, 5.74) is 0. The van der Waals surface area contributed by atoms with Crippen molar-refractivity contribution in [3.05, 3.63) is 29.8 Å². The van der Waals surface area contributed by atoms with Crippen LogP contribution in [0.1, 0.15) is 19.8 Å². The molecular formula is C15H21F2NO2. The van der Waals surface area contributed by atoms with Gasteiger partial charge < -0.3 is 14.8 Å². The fourth-order valence-corrected chi connectivity index (χ4v) is 2.36. The van der Waals surface area contributed by atoms with Gasteiger partial charge in [-0.2, -0.15) is 0 Å². The minimum atomic E-state index is -0.665. The highest BCUT2D eigenvalue weighted by molar-refractivity contribution is 5.26. The average molecular weight is 285 g/mol. The second kappa shape index (κ2) is 7.55. The molecule has 0 aromatic heterocycles. The first-order chi connectivity index (χ1) is 9.72. The lowest BCUT2D eigenvalue weighted by molar-refractivity contribution is 0.157. The normalized spacial score (nSPS) is 20.1. The predicted molar refractivity (Wildman–Crippen MR) is 72.9 cm³/mol. The first kappa shape index (κ1) is 15.2. The summed E-state index contributed by atoms with van der Waals surface area (Å²) in [7, 11) is 0. The third-order valence-corrected chi connectivity index (χ3v) is 3.52. The highest BCUT2D eigenvalue weighted by Gasteiger charge is 2.26. The van der Waals surface area contributed by atoms with E-state index in [1.165, 1.54) is 18.2 Å². The van der Waals surface area contributed by atoms with Gasteiger partial charge in [-0.3, -0.25) is 0 Å². The van der Waals surface area contributed by atoms with Gasteiger partial charge in [-0.15, -0.1) is 0 Å². The van der Waals surface area contributed by atoms with Gasteiger partial charge in [0.1, 0.15) is 6.61 Å². The van der Waals surface area contributed by atoms with Crippen molar-refractivity contribution in [1.82, 2.24) is 5.32 Å². The van der Waals surface area contributed by atoms with E-state index in [-0.39, 0.29) is 18.4 Å². The monoisotopic (exact) mass is 285 g/mol.